The third-order valence-electron chi connectivity index (χ3n) is 4.21. The van der Waals surface area contributed by atoms with Gasteiger partial charge in [-0.05, 0) is 35.9 Å². The Hall–Kier alpha value is -2.53. The molecule has 25 heavy (non-hydrogen) atoms. The molecule has 1 fully saturated rings. The van der Waals surface area contributed by atoms with E-state index < -0.39 is 0 Å². The number of amides is 2. The Morgan fingerprint density at radius 3 is 2.56 bits per heavy atom. The molecule has 5 nitrogen and oxygen atoms in total. The smallest absolute Gasteiger partial charge is 0.246 e. The zero-order valence-electron chi connectivity index (χ0n) is 13.9. The Morgan fingerprint density at radius 1 is 1.16 bits per heavy atom. The van der Waals surface area contributed by atoms with Gasteiger partial charge in [0.25, 0.3) is 0 Å². The number of carbonyl (C=O) groups is 2. The SMILES string of the molecule is COc1ccc(CC(=O)N2CCN(c3cccc(Cl)c3)C(=O)C2)cc1. The van der Waals surface area contributed by atoms with Crippen molar-refractivity contribution >= 4 is 29.1 Å². The van der Waals surface area contributed by atoms with Crippen LogP contribution in [-0.4, -0.2) is 43.5 Å². The highest BCUT2D eigenvalue weighted by Crippen LogP contribution is 2.22. The molecule has 1 saturated heterocycles. The van der Waals surface area contributed by atoms with Crippen molar-refractivity contribution in [3.05, 3.63) is 59.1 Å². The number of halogens is 1. The number of carbonyl (C=O) groups excluding carboxylic acids is 2. The van der Waals surface area contributed by atoms with Crippen LogP contribution in [0.4, 0.5) is 5.69 Å². The second-order valence-corrected chi connectivity index (χ2v) is 6.30. The van der Waals surface area contributed by atoms with Crippen LogP contribution in [0.5, 0.6) is 5.75 Å². The molecule has 2 aromatic rings. The lowest BCUT2D eigenvalue weighted by Gasteiger charge is -2.34. The van der Waals surface area contributed by atoms with E-state index in [-0.39, 0.29) is 24.8 Å². The second kappa shape index (κ2) is 7.57. The standard InChI is InChI=1S/C19H19ClN2O3/c1-25-17-7-5-14(6-8-17)11-18(23)21-9-10-22(19(24)13-21)16-4-2-3-15(20)12-16/h2-8,12H,9-11,13H2,1H3. The third kappa shape index (κ3) is 4.12. The van der Waals surface area contributed by atoms with E-state index in [0.29, 0.717) is 18.1 Å². The van der Waals surface area contributed by atoms with Crippen LogP contribution in [0.15, 0.2) is 48.5 Å². The van der Waals surface area contributed by atoms with Gasteiger partial charge in [0.15, 0.2) is 0 Å². The largest absolute Gasteiger partial charge is 0.497 e. The summed E-state index contributed by atoms with van der Waals surface area (Å²) in [5.41, 5.74) is 1.66. The molecule has 1 aliphatic rings. The highest BCUT2D eigenvalue weighted by atomic mass is 35.5. The molecule has 6 heteroatoms. The number of anilines is 1. The van der Waals surface area contributed by atoms with Crippen LogP contribution in [0, 0.1) is 0 Å². The molecule has 2 aromatic carbocycles. The maximum Gasteiger partial charge on any atom is 0.246 e. The molecule has 3 rings (SSSR count). The first kappa shape index (κ1) is 17.3. The van der Waals surface area contributed by atoms with E-state index in [9.17, 15) is 9.59 Å². The molecule has 0 bridgehead atoms. The quantitative estimate of drug-likeness (QED) is 0.844. The van der Waals surface area contributed by atoms with Crippen LogP contribution in [0.2, 0.25) is 5.02 Å². The Balaban J connectivity index is 1.61. The molecule has 0 saturated carbocycles. The zero-order valence-corrected chi connectivity index (χ0v) is 14.7. The molecule has 0 spiro atoms. The Labute approximate surface area is 151 Å². The minimum absolute atomic E-state index is 0.0516. The highest BCUT2D eigenvalue weighted by Gasteiger charge is 2.28. The topological polar surface area (TPSA) is 49.9 Å². The molecule has 2 amide bonds. The van der Waals surface area contributed by atoms with Crippen molar-refractivity contribution < 1.29 is 14.3 Å². The molecule has 0 aromatic heterocycles. The minimum Gasteiger partial charge on any atom is -0.497 e. The average molecular weight is 359 g/mol. The Bertz CT molecular complexity index is 776. The predicted octanol–water partition coefficient (Wildman–Crippen LogP) is 2.77. The summed E-state index contributed by atoms with van der Waals surface area (Å²) in [6.07, 6.45) is 0.272. The zero-order chi connectivity index (χ0) is 17.8. The maximum atomic E-state index is 12.5. The second-order valence-electron chi connectivity index (χ2n) is 5.87. The fraction of sp³-hybridized carbons (Fsp3) is 0.263. The summed E-state index contributed by atoms with van der Waals surface area (Å²) >= 11 is 5.99. The number of rotatable bonds is 4. The van der Waals surface area contributed by atoms with Crippen molar-refractivity contribution in [2.45, 2.75) is 6.42 Å². The first-order valence-electron chi connectivity index (χ1n) is 8.03. The monoisotopic (exact) mass is 358 g/mol. The number of benzene rings is 2. The molecule has 0 N–H and O–H groups in total. The van der Waals surface area contributed by atoms with Crippen LogP contribution < -0.4 is 9.64 Å². The van der Waals surface area contributed by atoms with Crippen LogP contribution >= 0.6 is 11.6 Å². The molecule has 1 heterocycles. The van der Waals surface area contributed by atoms with Crippen LogP contribution in [-0.2, 0) is 16.0 Å². The van der Waals surface area contributed by atoms with Gasteiger partial charge < -0.3 is 14.5 Å². The predicted molar refractivity (Wildman–Crippen MR) is 97.1 cm³/mol. The average Bonchev–Trinajstić information content (AvgIpc) is 2.62. The van der Waals surface area contributed by atoms with E-state index in [0.717, 1.165) is 17.0 Å². The van der Waals surface area contributed by atoms with Gasteiger partial charge in [-0.3, -0.25) is 9.59 Å². The number of ether oxygens (including phenoxy) is 1. The number of nitrogens with zero attached hydrogens (tertiary/aromatic N) is 2. The van der Waals surface area contributed by atoms with E-state index in [1.165, 1.54) is 0 Å². The third-order valence-corrected chi connectivity index (χ3v) is 4.44. The summed E-state index contributed by atoms with van der Waals surface area (Å²) in [4.78, 5) is 28.2. The van der Waals surface area contributed by atoms with E-state index in [1.54, 1.807) is 29.0 Å². The summed E-state index contributed by atoms with van der Waals surface area (Å²) in [7, 11) is 1.60. The fourth-order valence-electron chi connectivity index (χ4n) is 2.83. The maximum absolute atomic E-state index is 12.5. The van der Waals surface area contributed by atoms with E-state index in [2.05, 4.69) is 0 Å². The molecule has 0 atom stereocenters. The lowest BCUT2D eigenvalue weighted by Crippen LogP contribution is -2.52. The number of hydrogen-bond donors (Lipinski definition) is 0. The minimum atomic E-state index is -0.100. The molecule has 0 radical (unpaired) electrons. The highest BCUT2D eigenvalue weighted by molar-refractivity contribution is 6.30. The molecule has 1 aliphatic heterocycles. The van der Waals surface area contributed by atoms with Crippen molar-refractivity contribution in [3.63, 3.8) is 0 Å². The van der Waals surface area contributed by atoms with Gasteiger partial charge in [0.1, 0.15) is 12.3 Å². The molecule has 130 valence electrons. The lowest BCUT2D eigenvalue weighted by atomic mass is 10.1. The number of piperazine rings is 1. The Morgan fingerprint density at radius 2 is 1.92 bits per heavy atom. The molecule has 0 aliphatic carbocycles. The molecule has 0 unspecified atom stereocenters. The summed E-state index contributed by atoms with van der Waals surface area (Å²) in [6.45, 7) is 1.06. The van der Waals surface area contributed by atoms with Crippen LogP contribution in [0.3, 0.4) is 0 Å². The van der Waals surface area contributed by atoms with Gasteiger partial charge in [-0.25, -0.2) is 0 Å². The van der Waals surface area contributed by atoms with E-state index >= 15 is 0 Å². The van der Waals surface area contributed by atoms with Gasteiger partial charge in [-0.2, -0.15) is 0 Å². The van der Waals surface area contributed by atoms with Gasteiger partial charge in [-0.1, -0.05) is 29.8 Å². The van der Waals surface area contributed by atoms with Crippen LogP contribution in [0.1, 0.15) is 5.56 Å². The van der Waals surface area contributed by atoms with Crippen molar-refractivity contribution in [3.8, 4) is 5.75 Å². The normalized spacial score (nSPS) is 14.6. The summed E-state index contributed by atoms with van der Waals surface area (Å²) in [6, 6.07) is 14.6. The van der Waals surface area contributed by atoms with Gasteiger partial charge in [0.2, 0.25) is 11.8 Å². The van der Waals surface area contributed by atoms with Gasteiger partial charge in [0, 0.05) is 23.8 Å². The van der Waals surface area contributed by atoms with Gasteiger partial charge in [0.05, 0.1) is 13.5 Å². The van der Waals surface area contributed by atoms with Crippen molar-refractivity contribution in [1.82, 2.24) is 4.90 Å². The molecular weight excluding hydrogens is 340 g/mol. The molecular formula is C19H19ClN2O3. The number of methoxy groups -OCH3 is 1. The first-order chi connectivity index (χ1) is 12.1. The fourth-order valence-corrected chi connectivity index (χ4v) is 3.02. The summed E-state index contributed by atoms with van der Waals surface area (Å²) in [5, 5.41) is 0.586. The van der Waals surface area contributed by atoms with Crippen molar-refractivity contribution in [2.24, 2.45) is 0 Å². The summed E-state index contributed by atoms with van der Waals surface area (Å²) < 4.78 is 5.11. The first-order valence-corrected chi connectivity index (χ1v) is 8.41. The van der Waals surface area contributed by atoms with Crippen molar-refractivity contribution in [2.75, 3.05) is 31.6 Å². The van der Waals surface area contributed by atoms with E-state index in [1.807, 2.05) is 36.4 Å². The summed E-state index contributed by atoms with van der Waals surface area (Å²) in [5.74, 6) is 0.599. The Kier molecular flexibility index (Phi) is 5.24. The van der Waals surface area contributed by atoms with E-state index in [4.69, 9.17) is 16.3 Å². The van der Waals surface area contributed by atoms with Crippen LogP contribution in [0.25, 0.3) is 0 Å². The number of hydrogen-bond acceptors (Lipinski definition) is 3. The lowest BCUT2D eigenvalue weighted by molar-refractivity contribution is -0.136. The van der Waals surface area contributed by atoms with Crippen molar-refractivity contribution in [1.29, 1.82) is 0 Å². The van der Waals surface area contributed by atoms with Gasteiger partial charge in [-0.15, -0.1) is 0 Å². The van der Waals surface area contributed by atoms with Gasteiger partial charge >= 0.3 is 0 Å².